The van der Waals surface area contributed by atoms with Gasteiger partial charge >= 0.3 is 0 Å². The van der Waals surface area contributed by atoms with Crippen LogP contribution in [0.25, 0.3) is 33.8 Å². The van der Waals surface area contributed by atoms with E-state index in [0.29, 0.717) is 5.82 Å². The Morgan fingerprint density at radius 1 is 0.935 bits per heavy atom. The van der Waals surface area contributed by atoms with Crippen LogP contribution in [0.4, 0.5) is 5.69 Å². The van der Waals surface area contributed by atoms with E-state index in [0.717, 1.165) is 50.6 Å². The number of benzene rings is 2. The van der Waals surface area contributed by atoms with Gasteiger partial charge in [-0.05, 0) is 55.8 Å². The number of anilines is 1. The second-order valence-corrected chi connectivity index (χ2v) is 7.81. The maximum Gasteiger partial charge on any atom is 0.182 e. The maximum absolute atomic E-state index is 5.60. The molecule has 3 aromatic heterocycles. The zero-order valence-electron chi connectivity index (χ0n) is 18.3. The number of aryl methyl sites for hydroxylation is 1. The predicted molar refractivity (Wildman–Crippen MR) is 123 cm³/mol. The van der Waals surface area contributed by atoms with Crippen LogP contribution in [0.2, 0.25) is 0 Å². The van der Waals surface area contributed by atoms with Gasteiger partial charge in [0, 0.05) is 31.0 Å². The minimum atomic E-state index is 0.682. The van der Waals surface area contributed by atoms with Gasteiger partial charge in [-0.25, -0.2) is 14.5 Å². The van der Waals surface area contributed by atoms with E-state index in [4.69, 9.17) is 14.7 Å². The molecule has 0 aliphatic carbocycles. The van der Waals surface area contributed by atoms with Crippen molar-refractivity contribution in [3.63, 3.8) is 0 Å². The predicted octanol–water partition coefficient (Wildman–Crippen LogP) is 4.43. The van der Waals surface area contributed by atoms with Crippen LogP contribution in [-0.2, 0) is 0 Å². The number of ether oxygens (including phenoxy) is 1. The number of hydrogen-bond donors (Lipinski definition) is 0. The monoisotopic (exact) mass is 412 g/mol. The molecule has 0 amide bonds. The van der Waals surface area contributed by atoms with Crippen LogP contribution in [0.3, 0.4) is 0 Å². The summed E-state index contributed by atoms with van der Waals surface area (Å²) in [4.78, 5) is 11.7. The Hall–Kier alpha value is -3.87. The van der Waals surface area contributed by atoms with E-state index >= 15 is 0 Å². The van der Waals surface area contributed by atoms with Crippen LogP contribution in [-0.4, -0.2) is 45.4 Å². The van der Waals surface area contributed by atoms with Crippen LogP contribution in [0.15, 0.2) is 54.9 Å². The van der Waals surface area contributed by atoms with Gasteiger partial charge in [0.15, 0.2) is 17.1 Å². The van der Waals surface area contributed by atoms with Gasteiger partial charge in [-0.3, -0.25) is 4.57 Å². The zero-order valence-corrected chi connectivity index (χ0v) is 18.3. The summed E-state index contributed by atoms with van der Waals surface area (Å²) < 4.78 is 9.49. The van der Waals surface area contributed by atoms with Gasteiger partial charge in [0.25, 0.3) is 0 Å². The van der Waals surface area contributed by atoms with Gasteiger partial charge in [0.05, 0.1) is 18.2 Å². The van der Waals surface area contributed by atoms with E-state index < -0.39 is 0 Å². The van der Waals surface area contributed by atoms with Crippen molar-refractivity contribution in [2.24, 2.45) is 0 Å². The van der Waals surface area contributed by atoms with Gasteiger partial charge in [0.1, 0.15) is 12.1 Å². The van der Waals surface area contributed by atoms with Crippen molar-refractivity contribution in [2.45, 2.75) is 13.8 Å². The minimum absolute atomic E-state index is 0.682. The van der Waals surface area contributed by atoms with Crippen molar-refractivity contribution < 1.29 is 4.74 Å². The van der Waals surface area contributed by atoms with Crippen LogP contribution in [0.5, 0.6) is 5.75 Å². The third-order valence-corrected chi connectivity index (χ3v) is 5.80. The molecule has 0 unspecified atom stereocenters. The summed E-state index contributed by atoms with van der Waals surface area (Å²) in [6, 6.07) is 16.2. The van der Waals surface area contributed by atoms with Gasteiger partial charge in [-0.1, -0.05) is 12.1 Å². The molecule has 0 bridgehead atoms. The zero-order chi connectivity index (χ0) is 21.7. The van der Waals surface area contributed by atoms with Crippen LogP contribution in [0, 0.1) is 13.8 Å². The highest BCUT2D eigenvalue weighted by Gasteiger charge is 2.20. The molecule has 0 aliphatic rings. The maximum atomic E-state index is 5.60. The molecule has 0 aliphatic heterocycles. The van der Waals surface area contributed by atoms with E-state index in [-0.39, 0.29) is 0 Å². The van der Waals surface area contributed by atoms with E-state index in [1.54, 1.807) is 18.0 Å². The van der Waals surface area contributed by atoms with E-state index in [2.05, 4.69) is 40.5 Å². The van der Waals surface area contributed by atoms with Crippen molar-refractivity contribution in [2.75, 3.05) is 26.1 Å². The summed E-state index contributed by atoms with van der Waals surface area (Å²) >= 11 is 0. The van der Waals surface area contributed by atoms with Crippen molar-refractivity contribution in [1.29, 1.82) is 0 Å². The lowest BCUT2D eigenvalue weighted by molar-refractivity contribution is 0.413. The highest BCUT2D eigenvalue weighted by Crippen LogP contribution is 2.33. The highest BCUT2D eigenvalue weighted by atomic mass is 16.5. The second-order valence-electron chi connectivity index (χ2n) is 7.81. The molecule has 31 heavy (non-hydrogen) atoms. The summed E-state index contributed by atoms with van der Waals surface area (Å²) in [7, 11) is 5.74. The molecular weight excluding hydrogens is 388 g/mol. The fourth-order valence-corrected chi connectivity index (χ4v) is 4.00. The topological polar surface area (TPSA) is 60.5 Å². The quantitative estimate of drug-likeness (QED) is 0.437. The van der Waals surface area contributed by atoms with E-state index in [1.807, 2.05) is 50.5 Å². The first-order valence-corrected chi connectivity index (χ1v) is 10.1. The van der Waals surface area contributed by atoms with Gasteiger partial charge in [0.2, 0.25) is 0 Å². The molecule has 3 heterocycles. The number of nitrogens with zero attached hydrogens (tertiary/aromatic N) is 6. The minimum Gasteiger partial charge on any atom is -0.495 e. The third-order valence-electron chi connectivity index (χ3n) is 5.80. The average molecular weight is 412 g/mol. The van der Waals surface area contributed by atoms with E-state index in [9.17, 15) is 0 Å². The Morgan fingerprint density at radius 2 is 1.68 bits per heavy atom. The van der Waals surface area contributed by atoms with Gasteiger partial charge in [-0.2, -0.15) is 0 Å². The Morgan fingerprint density at radius 3 is 2.39 bits per heavy atom. The number of rotatable bonds is 4. The summed E-state index contributed by atoms with van der Waals surface area (Å²) in [5, 5.41) is 5.68. The second kappa shape index (κ2) is 7.12. The number of para-hydroxylation sites is 2. The summed E-state index contributed by atoms with van der Waals surface area (Å²) in [6.45, 7) is 4.20. The summed E-state index contributed by atoms with van der Waals surface area (Å²) in [5.74, 6) is 1.48. The van der Waals surface area contributed by atoms with Crippen molar-refractivity contribution in [3.05, 3.63) is 66.1 Å². The molecular formula is C24H24N6O. The Bertz CT molecular complexity index is 1410. The Labute approximate surface area is 180 Å². The first-order valence-electron chi connectivity index (χ1n) is 10.1. The molecule has 0 atom stereocenters. The molecule has 0 radical (unpaired) electrons. The van der Waals surface area contributed by atoms with Crippen LogP contribution < -0.4 is 9.64 Å². The SMILES string of the molecule is COc1ccccc1-n1c(C)c(C)c2c1ncn1nc(-c3ccc(N(C)C)cc3)nc21. The molecule has 0 saturated carbocycles. The number of hydrogen-bond acceptors (Lipinski definition) is 5. The molecule has 0 fully saturated rings. The van der Waals surface area contributed by atoms with Crippen molar-refractivity contribution >= 4 is 22.4 Å². The molecule has 7 heteroatoms. The van der Waals surface area contributed by atoms with Gasteiger partial charge < -0.3 is 9.64 Å². The van der Waals surface area contributed by atoms with Crippen molar-refractivity contribution in [3.8, 4) is 22.8 Å². The Kier molecular flexibility index (Phi) is 4.39. The van der Waals surface area contributed by atoms with Crippen LogP contribution >= 0.6 is 0 Å². The molecule has 5 rings (SSSR count). The first kappa shape index (κ1) is 19.1. The molecule has 5 aromatic rings. The lowest BCUT2D eigenvalue weighted by Crippen LogP contribution is -2.07. The lowest BCUT2D eigenvalue weighted by atomic mass is 10.2. The smallest absolute Gasteiger partial charge is 0.182 e. The third kappa shape index (κ3) is 2.92. The largest absolute Gasteiger partial charge is 0.495 e. The number of fused-ring (bicyclic) bond motifs is 3. The van der Waals surface area contributed by atoms with Crippen molar-refractivity contribution in [1.82, 2.24) is 24.1 Å². The average Bonchev–Trinajstić information content (AvgIpc) is 3.33. The molecule has 0 saturated heterocycles. The summed E-state index contributed by atoms with van der Waals surface area (Å²) in [6.07, 6.45) is 1.73. The fourth-order valence-electron chi connectivity index (χ4n) is 4.00. The normalized spacial score (nSPS) is 11.4. The standard InChI is InChI=1S/C24H24N6O/c1-15-16(2)30(19-8-6-7-9-20(19)31-5)23-21(15)24-26-22(27-29(24)14-25-23)17-10-12-18(13-11-17)28(3)4/h6-14H,1-5H3. The van der Waals surface area contributed by atoms with E-state index in [1.165, 1.54) is 0 Å². The fraction of sp³-hybridized carbons (Fsp3) is 0.208. The summed E-state index contributed by atoms with van der Waals surface area (Å²) in [5.41, 5.74) is 6.93. The molecule has 2 aromatic carbocycles. The Balaban J connectivity index is 1.72. The number of methoxy groups -OCH3 is 1. The lowest BCUT2D eigenvalue weighted by Gasteiger charge is -2.12. The molecule has 7 nitrogen and oxygen atoms in total. The molecule has 0 spiro atoms. The van der Waals surface area contributed by atoms with Crippen LogP contribution in [0.1, 0.15) is 11.3 Å². The van der Waals surface area contributed by atoms with Gasteiger partial charge in [-0.15, -0.1) is 5.10 Å². The molecule has 156 valence electrons. The first-order chi connectivity index (χ1) is 15.0. The highest BCUT2D eigenvalue weighted by molar-refractivity contribution is 5.95. The number of aromatic nitrogens is 5. The molecule has 0 N–H and O–H groups in total.